The van der Waals surface area contributed by atoms with Gasteiger partial charge in [0.05, 0.1) is 7.11 Å². The zero-order chi connectivity index (χ0) is 16.0. The van der Waals surface area contributed by atoms with Crippen LogP contribution in [0.25, 0.3) is 0 Å². The van der Waals surface area contributed by atoms with Gasteiger partial charge in [0.25, 0.3) is 5.91 Å². The Morgan fingerprint density at radius 2 is 2.05 bits per heavy atom. The molecule has 1 unspecified atom stereocenters. The number of ether oxygens (including phenoxy) is 1. The van der Waals surface area contributed by atoms with Crippen LogP contribution >= 0.6 is 0 Å². The Kier molecular flexibility index (Phi) is 5.71. The number of nitrogens with one attached hydrogen (secondary N) is 1. The number of aliphatic carboxylic acids is 1. The first-order chi connectivity index (χ1) is 9.86. The molecule has 1 amide bonds. The molecule has 1 aromatic rings. The van der Waals surface area contributed by atoms with E-state index in [0.717, 1.165) is 0 Å². The lowest BCUT2D eigenvalue weighted by atomic mass is 10.1. The van der Waals surface area contributed by atoms with Gasteiger partial charge in [0.15, 0.2) is 0 Å². The molecule has 114 valence electrons. The van der Waals surface area contributed by atoms with Crippen molar-refractivity contribution in [3.8, 4) is 0 Å². The molecule has 0 saturated carbocycles. The highest BCUT2D eigenvalue weighted by atomic mass is 16.5. The first-order valence-electron chi connectivity index (χ1n) is 6.32. The van der Waals surface area contributed by atoms with Gasteiger partial charge in [-0.05, 0) is 31.0 Å². The molecule has 0 bridgehead atoms. The van der Waals surface area contributed by atoms with Crippen LogP contribution in [0, 0.1) is 6.92 Å². The number of methoxy groups -OCH3 is 1. The van der Waals surface area contributed by atoms with Gasteiger partial charge in [-0.1, -0.05) is 6.07 Å². The van der Waals surface area contributed by atoms with E-state index in [1.54, 1.807) is 25.1 Å². The Labute approximate surface area is 122 Å². The summed E-state index contributed by atoms with van der Waals surface area (Å²) in [5.74, 6) is -2.29. The zero-order valence-corrected chi connectivity index (χ0v) is 11.9. The Balaban J connectivity index is 2.79. The van der Waals surface area contributed by atoms with Crippen LogP contribution in [-0.2, 0) is 14.3 Å². The Morgan fingerprint density at radius 1 is 1.38 bits per heavy atom. The molecular weight excluding hydrogens is 276 g/mol. The van der Waals surface area contributed by atoms with Gasteiger partial charge in [-0.15, -0.1) is 0 Å². The number of hydrogen-bond acceptors (Lipinski definition) is 5. The van der Waals surface area contributed by atoms with Crippen molar-refractivity contribution in [3.63, 3.8) is 0 Å². The van der Waals surface area contributed by atoms with Crippen molar-refractivity contribution < 1.29 is 24.2 Å². The number of nitrogen functional groups attached to an aromatic ring is 1. The molecule has 0 aliphatic rings. The number of benzene rings is 1. The van der Waals surface area contributed by atoms with Crippen LogP contribution in [0.1, 0.15) is 28.8 Å². The molecule has 4 N–H and O–H groups in total. The van der Waals surface area contributed by atoms with Gasteiger partial charge in [-0.25, -0.2) is 4.79 Å². The summed E-state index contributed by atoms with van der Waals surface area (Å²) < 4.78 is 4.44. The van der Waals surface area contributed by atoms with Gasteiger partial charge in [0, 0.05) is 17.7 Å². The van der Waals surface area contributed by atoms with E-state index in [9.17, 15) is 14.4 Å². The molecule has 0 saturated heterocycles. The second-order valence-electron chi connectivity index (χ2n) is 4.50. The van der Waals surface area contributed by atoms with Crippen molar-refractivity contribution in [3.05, 3.63) is 29.3 Å². The fraction of sp³-hybridized carbons (Fsp3) is 0.357. The van der Waals surface area contributed by atoms with Crippen LogP contribution in [0.4, 0.5) is 5.69 Å². The van der Waals surface area contributed by atoms with E-state index in [0.29, 0.717) is 16.8 Å². The number of carbonyl (C=O) groups is 3. The average Bonchev–Trinajstić information content (AvgIpc) is 2.45. The highest BCUT2D eigenvalue weighted by Crippen LogP contribution is 2.15. The number of anilines is 1. The number of nitrogens with two attached hydrogens (primary N) is 1. The molecule has 0 aromatic heterocycles. The molecule has 0 aliphatic carbocycles. The first kappa shape index (κ1) is 16.5. The molecule has 7 nitrogen and oxygen atoms in total. The molecule has 7 heteroatoms. The largest absolute Gasteiger partial charge is 0.480 e. The molecule has 1 aromatic carbocycles. The van der Waals surface area contributed by atoms with Crippen molar-refractivity contribution >= 4 is 23.5 Å². The second-order valence-corrected chi connectivity index (χ2v) is 4.50. The normalized spacial score (nSPS) is 11.5. The van der Waals surface area contributed by atoms with Crippen LogP contribution in [-0.4, -0.2) is 36.1 Å². The summed E-state index contributed by atoms with van der Waals surface area (Å²) in [5, 5.41) is 11.5. The summed E-state index contributed by atoms with van der Waals surface area (Å²) in [7, 11) is 1.22. The fourth-order valence-electron chi connectivity index (χ4n) is 1.76. The minimum Gasteiger partial charge on any atom is -0.480 e. The molecule has 0 aliphatic heterocycles. The lowest BCUT2D eigenvalue weighted by Crippen LogP contribution is -2.41. The number of carboxylic acid groups (broad SMARTS) is 1. The Hall–Kier alpha value is -2.57. The molecular formula is C14H18N2O5. The van der Waals surface area contributed by atoms with E-state index in [1.165, 1.54) is 7.11 Å². The number of amides is 1. The topological polar surface area (TPSA) is 119 Å². The third kappa shape index (κ3) is 4.48. The van der Waals surface area contributed by atoms with E-state index in [1.807, 2.05) is 0 Å². The maximum absolute atomic E-state index is 12.1. The summed E-state index contributed by atoms with van der Waals surface area (Å²) in [4.78, 5) is 34.3. The van der Waals surface area contributed by atoms with Crippen LogP contribution in [0.15, 0.2) is 18.2 Å². The molecule has 1 rings (SSSR count). The van der Waals surface area contributed by atoms with Crippen molar-refractivity contribution in [2.75, 3.05) is 12.8 Å². The van der Waals surface area contributed by atoms with E-state index < -0.39 is 23.9 Å². The molecule has 21 heavy (non-hydrogen) atoms. The van der Waals surface area contributed by atoms with E-state index >= 15 is 0 Å². The summed E-state index contributed by atoms with van der Waals surface area (Å²) in [6.45, 7) is 1.68. The number of carbonyl (C=O) groups excluding carboxylic acids is 2. The van der Waals surface area contributed by atoms with E-state index in [-0.39, 0.29) is 12.8 Å². The predicted octanol–water partition coefficient (Wildman–Crippen LogP) is 0.713. The van der Waals surface area contributed by atoms with Crippen molar-refractivity contribution in [1.29, 1.82) is 0 Å². The van der Waals surface area contributed by atoms with Gasteiger partial charge in [0.2, 0.25) is 0 Å². The average molecular weight is 294 g/mol. The van der Waals surface area contributed by atoms with Gasteiger partial charge >= 0.3 is 11.9 Å². The van der Waals surface area contributed by atoms with Crippen LogP contribution in [0.5, 0.6) is 0 Å². The highest BCUT2D eigenvalue weighted by molar-refractivity contribution is 5.98. The molecule has 0 radical (unpaired) electrons. The minimum absolute atomic E-state index is 0.0465. The maximum Gasteiger partial charge on any atom is 0.326 e. The second kappa shape index (κ2) is 7.28. The molecule has 0 heterocycles. The third-order valence-electron chi connectivity index (χ3n) is 3.09. The van der Waals surface area contributed by atoms with Crippen molar-refractivity contribution in [1.82, 2.24) is 5.32 Å². The smallest absolute Gasteiger partial charge is 0.326 e. The number of rotatable bonds is 6. The number of carboxylic acids is 1. The highest BCUT2D eigenvalue weighted by Gasteiger charge is 2.22. The van der Waals surface area contributed by atoms with Crippen LogP contribution < -0.4 is 11.1 Å². The minimum atomic E-state index is -1.21. The SMILES string of the molecule is COC(=O)CCC(NC(=O)c1cccc(N)c1C)C(=O)O. The number of hydrogen-bond donors (Lipinski definition) is 3. The summed E-state index contributed by atoms with van der Waals surface area (Å²) in [5.41, 5.74) is 7.04. The van der Waals surface area contributed by atoms with Crippen LogP contribution in [0.3, 0.4) is 0 Å². The Bertz CT molecular complexity index is 556. The fourth-order valence-corrected chi connectivity index (χ4v) is 1.76. The van der Waals surface area contributed by atoms with Gasteiger partial charge in [-0.3, -0.25) is 9.59 Å². The first-order valence-corrected chi connectivity index (χ1v) is 6.32. The number of esters is 1. The maximum atomic E-state index is 12.1. The molecule has 0 spiro atoms. The van der Waals surface area contributed by atoms with Crippen LogP contribution in [0.2, 0.25) is 0 Å². The molecule has 1 atom stereocenters. The lowest BCUT2D eigenvalue weighted by molar-refractivity contribution is -0.142. The monoisotopic (exact) mass is 294 g/mol. The van der Waals surface area contributed by atoms with Gasteiger partial charge < -0.3 is 20.9 Å². The third-order valence-corrected chi connectivity index (χ3v) is 3.09. The van der Waals surface area contributed by atoms with E-state index in [2.05, 4.69) is 10.1 Å². The summed E-state index contributed by atoms with van der Waals surface area (Å²) in [6.07, 6.45) is -0.140. The molecule has 0 fully saturated rings. The summed E-state index contributed by atoms with van der Waals surface area (Å²) in [6, 6.07) is 3.65. The van der Waals surface area contributed by atoms with Gasteiger partial charge in [-0.2, -0.15) is 0 Å². The zero-order valence-electron chi connectivity index (χ0n) is 11.9. The summed E-state index contributed by atoms with van der Waals surface area (Å²) >= 11 is 0. The standard InChI is InChI=1S/C14H18N2O5/c1-8-9(4-3-5-10(8)15)13(18)16-11(14(19)20)6-7-12(17)21-2/h3-5,11H,6-7,15H2,1-2H3,(H,16,18)(H,19,20). The van der Waals surface area contributed by atoms with Gasteiger partial charge in [0.1, 0.15) is 6.04 Å². The van der Waals surface area contributed by atoms with Crippen molar-refractivity contribution in [2.24, 2.45) is 0 Å². The quantitative estimate of drug-likeness (QED) is 0.525. The Morgan fingerprint density at radius 3 is 2.62 bits per heavy atom. The predicted molar refractivity (Wildman–Crippen MR) is 75.7 cm³/mol. The van der Waals surface area contributed by atoms with E-state index in [4.69, 9.17) is 10.8 Å². The van der Waals surface area contributed by atoms with Crippen molar-refractivity contribution in [2.45, 2.75) is 25.8 Å². The lowest BCUT2D eigenvalue weighted by Gasteiger charge is -2.15.